The molecule has 0 aliphatic carbocycles. The fourth-order valence-electron chi connectivity index (χ4n) is 2.36. The third-order valence-electron chi connectivity index (χ3n) is 4.01. The van der Waals surface area contributed by atoms with E-state index in [9.17, 15) is 9.90 Å². The molecule has 1 N–H and O–H groups in total. The van der Waals surface area contributed by atoms with Crippen molar-refractivity contribution in [3.63, 3.8) is 0 Å². The minimum atomic E-state index is -0.797. The van der Waals surface area contributed by atoms with E-state index >= 15 is 0 Å². The summed E-state index contributed by atoms with van der Waals surface area (Å²) < 4.78 is 7.19. The molecule has 1 amide bonds. The highest BCUT2D eigenvalue weighted by Gasteiger charge is 2.20. The van der Waals surface area contributed by atoms with Gasteiger partial charge in [0.05, 0.1) is 18.3 Å². The summed E-state index contributed by atoms with van der Waals surface area (Å²) in [5.74, 6) is 0.0254. The average molecular weight is 411 g/mol. The maximum Gasteiger partial charge on any atom is 0.283 e. The van der Waals surface area contributed by atoms with Gasteiger partial charge in [0.25, 0.3) is 5.91 Å². The number of aliphatic hydroxyl groups is 1. The van der Waals surface area contributed by atoms with Crippen LogP contribution in [-0.4, -0.2) is 28.3 Å². The fraction of sp³-hybridized carbons (Fsp3) is 0.500. The molecule has 0 fully saturated rings. The molecule has 1 aromatic heterocycles. The van der Waals surface area contributed by atoms with Gasteiger partial charge >= 0.3 is 0 Å². The van der Waals surface area contributed by atoms with E-state index in [1.54, 1.807) is 32.0 Å². The number of thiazole rings is 1. The largest absolute Gasteiger partial charge is 0.496 e. The third-order valence-corrected chi connectivity index (χ3v) is 5.69. The number of carbonyl (C=O) groups excluding carboxylic acids is 1. The van der Waals surface area contributed by atoms with Crippen LogP contribution >= 0.6 is 22.9 Å². The minimum Gasteiger partial charge on any atom is -0.496 e. The summed E-state index contributed by atoms with van der Waals surface area (Å²) in [6.45, 7) is 10.4. The number of amides is 1. The molecule has 0 saturated heterocycles. The van der Waals surface area contributed by atoms with Crippen molar-refractivity contribution in [2.24, 2.45) is 4.99 Å². The monoisotopic (exact) mass is 410 g/mol. The summed E-state index contributed by atoms with van der Waals surface area (Å²) in [5, 5.41) is 10.5. The van der Waals surface area contributed by atoms with Gasteiger partial charge in [-0.1, -0.05) is 32.4 Å². The molecule has 0 aliphatic heterocycles. The highest BCUT2D eigenvalue weighted by molar-refractivity contribution is 7.09. The van der Waals surface area contributed by atoms with Crippen LogP contribution < -0.4 is 9.54 Å². The number of nitrogens with zero attached hydrogens (tertiary/aromatic N) is 2. The number of benzene rings is 1. The van der Waals surface area contributed by atoms with Crippen LogP contribution in [0.15, 0.2) is 29.4 Å². The Kier molecular flexibility index (Phi) is 6.55. The van der Waals surface area contributed by atoms with Crippen LogP contribution in [0.3, 0.4) is 0 Å². The van der Waals surface area contributed by atoms with E-state index in [2.05, 4.69) is 25.8 Å². The zero-order chi connectivity index (χ0) is 20.4. The van der Waals surface area contributed by atoms with E-state index in [1.165, 1.54) is 18.4 Å². The van der Waals surface area contributed by atoms with Gasteiger partial charge in [0.1, 0.15) is 5.75 Å². The zero-order valence-corrected chi connectivity index (χ0v) is 18.2. The first-order valence-electron chi connectivity index (χ1n) is 8.76. The second-order valence-electron chi connectivity index (χ2n) is 8.15. The highest BCUT2D eigenvalue weighted by atomic mass is 35.5. The van der Waals surface area contributed by atoms with Crippen molar-refractivity contribution in [1.82, 2.24) is 4.57 Å². The number of hydrogen-bond donors (Lipinski definition) is 1. The number of carbonyl (C=O) groups is 1. The lowest BCUT2D eigenvalue weighted by molar-refractivity contribution is 0.0660. The third kappa shape index (κ3) is 5.92. The number of aromatic nitrogens is 1. The van der Waals surface area contributed by atoms with Gasteiger partial charge in [0.15, 0.2) is 4.80 Å². The summed E-state index contributed by atoms with van der Waals surface area (Å²) >= 11 is 7.51. The molecule has 0 saturated carbocycles. The molecule has 5 nitrogen and oxygen atoms in total. The van der Waals surface area contributed by atoms with Gasteiger partial charge in [-0.25, -0.2) is 0 Å². The number of methoxy groups -OCH3 is 1. The second kappa shape index (κ2) is 8.17. The number of halogens is 1. The standard InChI is InChI=1S/C20H27ClN2O3S/c1-19(2,3)16-12-23(10-9-20(4,5)25)18(27-16)22-17(24)14-11-13(21)7-8-15(14)26-6/h7-8,11-12,25H,9-10H2,1-6H3/b22-18-. The molecule has 148 valence electrons. The maximum absolute atomic E-state index is 12.8. The van der Waals surface area contributed by atoms with Crippen LogP contribution in [-0.2, 0) is 12.0 Å². The van der Waals surface area contributed by atoms with Gasteiger partial charge < -0.3 is 14.4 Å². The van der Waals surface area contributed by atoms with Crippen molar-refractivity contribution in [1.29, 1.82) is 0 Å². The van der Waals surface area contributed by atoms with Gasteiger partial charge in [-0.15, -0.1) is 11.3 Å². The Labute approximate surface area is 169 Å². The molecular weight excluding hydrogens is 384 g/mol. The van der Waals surface area contributed by atoms with Crippen molar-refractivity contribution in [2.45, 2.75) is 58.6 Å². The molecule has 1 aromatic carbocycles. The topological polar surface area (TPSA) is 63.8 Å². The molecule has 0 bridgehead atoms. The van der Waals surface area contributed by atoms with Gasteiger partial charge in [-0.3, -0.25) is 4.79 Å². The van der Waals surface area contributed by atoms with E-state index in [1.807, 2.05) is 10.8 Å². The first-order valence-corrected chi connectivity index (χ1v) is 9.96. The molecule has 7 heteroatoms. The number of aryl methyl sites for hydroxylation is 1. The lowest BCUT2D eigenvalue weighted by atomic mass is 9.95. The lowest BCUT2D eigenvalue weighted by Crippen LogP contribution is -2.24. The predicted molar refractivity (Wildman–Crippen MR) is 110 cm³/mol. The molecule has 0 unspecified atom stereocenters. The summed E-state index contributed by atoms with van der Waals surface area (Å²) in [6.07, 6.45) is 2.56. The molecular formula is C20H27ClN2O3S. The van der Waals surface area contributed by atoms with Crippen LogP contribution in [0.1, 0.15) is 56.3 Å². The predicted octanol–water partition coefficient (Wildman–Crippen LogP) is 4.41. The Bertz CT molecular complexity index is 886. The Morgan fingerprint density at radius 1 is 1.30 bits per heavy atom. The number of rotatable bonds is 5. The van der Waals surface area contributed by atoms with Crippen LogP contribution in [0, 0.1) is 0 Å². The van der Waals surface area contributed by atoms with Crippen molar-refractivity contribution in [3.8, 4) is 5.75 Å². The summed E-state index contributed by atoms with van der Waals surface area (Å²) in [7, 11) is 1.51. The first kappa shape index (κ1) is 21.7. The average Bonchev–Trinajstić information content (AvgIpc) is 2.95. The smallest absolute Gasteiger partial charge is 0.283 e. The Balaban J connectivity index is 2.50. The van der Waals surface area contributed by atoms with Crippen molar-refractivity contribution < 1.29 is 14.6 Å². The quantitative estimate of drug-likeness (QED) is 0.793. The Hall–Kier alpha value is -1.63. The Morgan fingerprint density at radius 2 is 1.96 bits per heavy atom. The van der Waals surface area contributed by atoms with Crippen molar-refractivity contribution in [3.05, 3.63) is 44.7 Å². The lowest BCUT2D eigenvalue weighted by Gasteiger charge is -2.17. The summed E-state index contributed by atoms with van der Waals surface area (Å²) in [4.78, 5) is 18.8. The molecule has 0 aliphatic rings. The fourth-order valence-corrected chi connectivity index (χ4v) is 3.61. The van der Waals surface area contributed by atoms with Gasteiger partial charge in [0.2, 0.25) is 0 Å². The van der Waals surface area contributed by atoms with E-state index in [0.29, 0.717) is 34.1 Å². The molecule has 2 rings (SSSR count). The number of hydrogen-bond acceptors (Lipinski definition) is 4. The van der Waals surface area contributed by atoms with E-state index in [-0.39, 0.29) is 5.41 Å². The maximum atomic E-state index is 12.8. The number of ether oxygens (including phenoxy) is 1. The Morgan fingerprint density at radius 3 is 2.52 bits per heavy atom. The normalized spacial score (nSPS) is 13.1. The molecule has 1 heterocycles. The van der Waals surface area contributed by atoms with Crippen LogP contribution in [0.2, 0.25) is 5.02 Å². The summed E-state index contributed by atoms with van der Waals surface area (Å²) in [6, 6.07) is 4.89. The molecule has 0 atom stereocenters. The van der Waals surface area contributed by atoms with E-state index in [4.69, 9.17) is 16.3 Å². The molecule has 0 radical (unpaired) electrons. The summed E-state index contributed by atoms with van der Waals surface area (Å²) in [5.41, 5.74) is -0.537. The zero-order valence-electron chi connectivity index (χ0n) is 16.7. The van der Waals surface area contributed by atoms with E-state index in [0.717, 1.165) is 4.88 Å². The second-order valence-corrected chi connectivity index (χ2v) is 9.59. The van der Waals surface area contributed by atoms with Crippen LogP contribution in [0.5, 0.6) is 5.75 Å². The van der Waals surface area contributed by atoms with Gasteiger partial charge in [-0.05, 0) is 43.9 Å². The minimum absolute atomic E-state index is 0.0638. The highest BCUT2D eigenvalue weighted by Crippen LogP contribution is 2.26. The van der Waals surface area contributed by atoms with Crippen molar-refractivity contribution >= 4 is 28.8 Å². The van der Waals surface area contributed by atoms with Crippen molar-refractivity contribution in [2.75, 3.05) is 7.11 Å². The molecule has 2 aromatic rings. The van der Waals surface area contributed by atoms with Gasteiger partial charge in [0, 0.05) is 22.6 Å². The SMILES string of the molecule is COc1ccc(Cl)cc1C(=O)/N=c1\sc(C(C)(C)C)cn1CCC(C)(C)O. The molecule has 0 spiro atoms. The van der Waals surface area contributed by atoms with Gasteiger partial charge in [-0.2, -0.15) is 4.99 Å². The molecule has 27 heavy (non-hydrogen) atoms. The first-order chi connectivity index (χ1) is 12.4. The van der Waals surface area contributed by atoms with Crippen LogP contribution in [0.4, 0.5) is 0 Å². The van der Waals surface area contributed by atoms with E-state index < -0.39 is 11.5 Å². The van der Waals surface area contributed by atoms with Crippen LogP contribution in [0.25, 0.3) is 0 Å².